The highest BCUT2D eigenvalue weighted by molar-refractivity contribution is 8.00. The Morgan fingerprint density at radius 1 is 1.32 bits per heavy atom. The number of aryl methyl sites for hydroxylation is 1. The number of nitrogens with zero attached hydrogens (tertiary/aromatic N) is 3. The lowest BCUT2D eigenvalue weighted by molar-refractivity contribution is -0.126. The molecule has 0 saturated heterocycles. The summed E-state index contributed by atoms with van der Waals surface area (Å²) in [7, 11) is 3.31. The van der Waals surface area contributed by atoms with E-state index in [-0.39, 0.29) is 17.2 Å². The fourth-order valence-electron chi connectivity index (χ4n) is 2.10. The van der Waals surface area contributed by atoms with E-state index in [1.165, 1.54) is 28.0 Å². The Balaban J connectivity index is 2.02. The van der Waals surface area contributed by atoms with E-state index < -0.39 is 24.3 Å². The molecule has 1 atom stereocenters. The summed E-state index contributed by atoms with van der Waals surface area (Å²) < 4.78 is 5.12. The molecule has 0 saturated carbocycles. The smallest absolute Gasteiger partial charge is 0.339 e. The molecule has 0 unspecified atom stereocenters. The number of Topliss-reactive ketones (excluding diaryl/α,β-unsaturated/α-hetero) is 1. The van der Waals surface area contributed by atoms with Gasteiger partial charge in [-0.15, -0.1) is 23.1 Å². The number of benzene rings is 1. The maximum absolute atomic E-state index is 12.4. The van der Waals surface area contributed by atoms with Crippen LogP contribution in [-0.4, -0.2) is 54.0 Å². The van der Waals surface area contributed by atoms with Crippen molar-refractivity contribution in [2.75, 3.05) is 26.5 Å². The van der Waals surface area contributed by atoms with Crippen LogP contribution in [0.2, 0.25) is 0 Å². The molecule has 0 spiro atoms. The topological polar surface area (TPSA) is 100 Å². The summed E-state index contributed by atoms with van der Waals surface area (Å²) >= 11 is 2.44. The van der Waals surface area contributed by atoms with Gasteiger partial charge in [0.05, 0.1) is 17.4 Å². The fourth-order valence-corrected chi connectivity index (χ4v) is 3.98. The second-order valence-corrected chi connectivity index (χ2v) is 7.91. The van der Waals surface area contributed by atoms with Gasteiger partial charge in [-0.3, -0.25) is 9.59 Å². The first-order valence-corrected chi connectivity index (χ1v) is 10.1. The van der Waals surface area contributed by atoms with Gasteiger partial charge in [0.2, 0.25) is 5.91 Å². The maximum Gasteiger partial charge on any atom is 0.339 e. The van der Waals surface area contributed by atoms with E-state index in [1.807, 2.05) is 6.07 Å². The van der Waals surface area contributed by atoms with Gasteiger partial charge < -0.3 is 9.64 Å². The number of aromatic nitrogens is 1. The Morgan fingerprint density at radius 3 is 2.64 bits per heavy atom. The minimum atomic E-state index is -1.06. The van der Waals surface area contributed by atoms with Crippen molar-refractivity contribution in [3.8, 4) is 6.07 Å². The molecule has 0 aliphatic heterocycles. The van der Waals surface area contributed by atoms with Crippen LogP contribution >= 0.6 is 23.1 Å². The van der Waals surface area contributed by atoms with Crippen molar-refractivity contribution >= 4 is 40.8 Å². The molecule has 28 heavy (non-hydrogen) atoms. The molecule has 0 aliphatic carbocycles. The number of ether oxygens (including phenoxy) is 1. The highest BCUT2D eigenvalue weighted by Gasteiger charge is 2.25. The van der Waals surface area contributed by atoms with Crippen molar-refractivity contribution < 1.29 is 19.1 Å². The first-order valence-electron chi connectivity index (χ1n) is 8.27. The van der Waals surface area contributed by atoms with E-state index in [2.05, 4.69) is 4.98 Å². The maximum atomic E-state index is 12.4. The van der Waals surface area contributed by atoms with Gasteiger partial charge in [-0.25, -0.2) is 9.78 Å². The SMILES string of the molecule is Cc1csc([C@@H](C#N)C(=O)COC(=O)c2ccccc2SCC(=O)N(C)C)n1. The lowest BCUT2D eigenvalue weighted by Gasteiger charge is -2.12. The molecule has 7 nitrogen and oxygen atoms in total. The van der Waals surface area contributed by atoms with E-state index in [9.17, 15) is 19.6 Å². The number of carbonyl (C=O) groups excluding carboxylic acids is 3. The Bertz CT molecular complexity index is 918. The van der Waals surface area contributed by atoms with Gasteiger partial charge in [0.1, 0.15) is 5.01 Å². The third-order valence-corrected chi connectivity index (χ3v) is 5.72. The van der Waals surface area contributed by atoms with Crippen LogP contribution in [0.3, 0.4) is 0 Å². The summed E-state index contributed by atoms with van der Waals surface area (Å²) in [6.07, 6.45) is 0. The van der Waals surface area contributed by atoms with Gasteiger partial charge in [0.15, 0.2) is 18.3 Å². The third kappa shape index (κ3) is 5.65. The first-order chi connectivity index (χ1) is 13.3. The average molecular weight is 418 g/mol. The number of hydrogen-bond donors (Lipinski definition) is 0. The minimum Gasteiger partial charge on any atom is -0.454 e. The summed E-state index contributed by atoms with van der Waals surface area (Å²) in [5, 5.41) is 11.4. The second kappa shape index (κ2) is 10.0. The van der Waals surface area contributed by atoms with Crippen LogP contribution in [0.1, 0.15) is 27.0 Å². The number of rotatable bonds is 8. The van der Waals surface area contributed by atoms with Gasteiger partial charge in [0.25, 0.3) is 0 Å². The molecule has 1 amide bonds. The van der Waals surface area contributed by atoms with Gasteiger partial charge in [0, 0.05) is 30.1 Å². The largest absolute Gasteiger partial charge is 0.454 e. The molecule has 0 N–H and O–H groups in total. The van der Waals surface area contributed by atoms with Crippen LogP contribution in [0.4, 0.5) is 0 Å². The number of thiazole rings is 1. The molecule has 0 aliphatic rings. The van der Waals surface area contributed by atoms with Crippen molar-refractivity contribution in [2.24, 2.45) is 0 Å². The molecule has 0 radical (unpaired) electrons. The molecule has 1 aromatic carbocycles. The van der Waals surface area contributed by atoms with Gasteiger partial charge in [-0.05, 0) is 19.1 Å². The summed E-state index contributed by atoms with van der Waals surface area (Å²) in [4.78, 5) is 42.7. The fraction of sp³-hybridized carbons (Fsp3) is 0.316. The van der Waals surface area contributed by atoms with E-state index >= 15 is 0 Å². The van der Waals surface area contributed by atoms with Crippen molar-refractivity contribution in [3.63, 3.8) is 0 Å². The number of hydrogen-bond acceptors (Lipinski definition) is 8. The zero-order valence-corrected chi connectivity index (χ0v) is 17.3. The van der Waals surface area contributed by atoms with Gasteiger partial charge >= 0.3 is 5.97 Å². The molecule has 1 heterocycles. The van der Waals surface area contributed by atoms with Crippen LogP contribution in [0.25, 0.3) is 0 Å². The van der Waals surface area contributed by atoms with E-state index in [1.54, 1.807) is 50.7 Å². The van der Waals surface area contributed by atoms with Crippen LogP contribution in [-0.2, 0) is 14.3 Å². The van der Waals surface area contributed by atoms with Crippen molar-refractivity contribution in [1.82, 2.24) is 9.88 Å². The molecule has 146 valence electrons. The lowest BCUT2D eigenvalue weighted by Crippen LogP contribution is -2.23. The number of nitriles is 1. The van der Waals surface area contributed by atoms with Crippen LogP contribution < -0.4 is 0 Å². The van der Waals surface area contributed by atoms with E-state index in [0.29, 0.717) is 9.90 Å². The number of carbonyl (C=O) groups is 3. The van der Waals surface area contributed by atoms with Crippen molar-refractivity contribution in [3.05, 3.63) is 45.9 Å². The molecule has 2 aromatic rings. The highest BCUT2D eigenvalue weighted by atomic mass is 32.2. The van der Waals surface area contributed by atoms with Gasteiger partial charge in [-0.2, -0.15) is 5.26 Å². The molecular formula is C19H19N3O4S2. The minimum absolute atomic E-state index is 0.0843. The molecule has 0 fully saturated rings. The Kier molecular flexibility index (Phi) is 7.72. The summed E-state index contributed by atoms with van der Waals surface area (Å²) in [5.41, 5.74) is 0.994. The van der Waals surface area contributed by atoms with Crippen molar-refractivity contribution in [2.45, 2.75) is 17.7 Å². The first kappa shape index (κ1) is 21.6. The Hall–Kier alpha value is -2.70. The van der Waals surface area contributed by atoms with Crippen LogP contribution in [0.5, 0.6) is 0 Å². The average Bonchev–Trinajstić information content (AvgIpc) is 3.10. The Labute approximate surface area is 171 Å². The molecule has 2 rings (SSSR count). The number of thioether (sulfide) groups is 1. The number of esters is 1. The lowest BCUT2D eigenvalue weighted by atomic mass is 10.1. The van der Waals surface area contributed by atoms with Crippen LogP contribution in [0, 0.1) is 18.3 Å². The summed E-state index contributed by atoms with van der Waals surface area (Å²) in [6, 6.07) is 8.62. The summed E-state index contributed by atoms with van der Waals surface area (Å²) in [6.45, 7) is 1.25. The highest BCUT2D eigenvalue weighted by Crippen LogP contribution is 2.24. The van der Waals surface area contributed by atoms with Crippen LogP contribution in [0.15, 0.2) is 34.5 Å². The zero-order chi connectivity index (χ0) is 20.7. The molecule has 1 aromatic heterocycles. The monoisotopic (exact) mass is 417 g/mol. The predicted molar refractivity (Wildman–Crippen MR) is 106 cm³/mol. The summed E-state index contributed by atoms with van der Waals surface area (Å²) in [5.74, 6) is -2.18. The standard InChI is InChI=1S/C19H19N3O4S2/c1-12-10-28-18(21-12)14(8-20)15(23)9-26-19(25)13-6-4-5-7-16(13)27-11-17(24)22(2)3/h4-7,10,14H,9,11H2,1-3H3/t14-/m0/s1. The van der Waals surface area contributed by atoms with Gasteiger partial charge in [-0.1, -0.05) is 12.1 Å². The number of ketones is 1. The number of amides is 1. The quantitative estimate of drug-likeness (QED) is 0.481. The Morgan fingerprint density at radius 2 is 2.04 bits per heavy atom. The predicted octanol–water partition coefficient (Wildman–Crippen LogP) is 2.67. The third-order valence-electron chi connectivity index (χ3n) is 3.64. The van der Waals surface area contributed by atoms with Crippen molar-refractivity contribution in [1.29, 1.82) is 5.26 Å². The molecule has 0 bridgehead atoms. The second-order valence-electron chi connectivity index (χ2n) is 6.00. The van der Waals surface area contributed by atoms with E-state index in [0.717, 1.165) is 5.69 Å². The van der Waals surface area contributed by atoms with E-state index in [4.69, 9.17) is 4.74 Å². The molecule has 9 heteroatoms. The normalized spacial score (nSPS) is 11.4. The zero-order valence-electron chi connectivity index (χ0n) is 15.7. The molecular weight excluding hydrogens is 398 g/mol.